The molecular formula is C23H17N5O3. The lowest BCUT2D eigenvalue weighted by atomic mass is 10.0. The van der Waals surface area contributed by atoms with Crippen LogP contribution in [0.15, 0.2) is 77.8 Å². The number of hydrogen-bond donors (Lipinski definition) is 0. The number of benzene rings is 2. The van der Waals surface area contributed by atoms with Gasteiger partial charge in [-0.05, 0) is 30.3 Å². The average molecular weight is 411 g/mol. The van der Waals surface area contributed by atoms with Crippen LogP contribution in [-0.2, 0) is 6.61 Å². The molecule has 152 valence electrons. The molecular weight excluding hydrogens is 394 g/mol. The molecule has 0 saturated heterocycles. The van der Waals surface area contributed by atoms with Gasteiger partial charge >= 0.3 is 0 Å². The first kappa shape index (κ1) is 18.7. The molecule has 0 amide bonds. The van der Waals surface area contributed by atoms with Crippen LogP contribution >= 0.6 is 0 Å². The molecule has 2 aromatic carbocycles. The van der Waals surface area contributed by atoms with Gasteiger partial charge in [0.15, 0.2) is 5.58 Å². The highest BCUT2D eigenvalue weighted by Crippen LogP contribution is 2.39. The molecule has 0 spiro atoms. The number of ether oxygens (including phenoxy) is 2. The molecule has 0 bridgehead atoms. The maximum atomic E-state index is 5.92. The minimum absolute atomic E-state index is 0.233. The second-order valence-corrected chi connectivity index (χ2v) is 6.66. The molecule has 0 radical (unpaired) electrons. The second kappa shape index (κ2) is 8.19. The van der Waals surface area contributed by atoms with Crippen molar-refractivity contribution >= 4 is 11.0 Å². The Hall–Kier alpha value is -4.33. The van der Waals surface area contributed by atoms with Gasteiger partial charge in [-0.1, -0.05) is 29.4 Å². The van der Waals surface area contributed by atoms with Gasteiger partial charge in [-0.25, -0.2) is 9.97 Å². The quantitative estimate of drug-likeness (QED) is 0.407. The smallest absolute Gasteiger partial charge is 0.224 e. The highest BCUT2D eigenvalue weighted by Gasteiger charge is 2.19. The van der Waals surface area contributed by atoms with Gasteiger partial charge in [-0.3, -0.25) is 0 Å². The van der Waals surface area contributed by atoms with Crippen LogP contribution in [0.25, 0.3) is 33.4 Å². The molecule has 0 aliphatic heterocycles. The van der Waals surface area contributed by atoms with E-state index in [0.717, 1.165) is 22.3 Å². The van der Waals surface area contributed by atoms with E-state index in [4.69, 9.17) is 14.0 Å². The molecule has 0 aliphatic carbocycles. The first-order chi connectivity index (χ1) is 15.3. The third kappa shape index (κ3) is 3.55. The Labute approximate surface area is 177 Å². The number of hydrogen-bond acceptors (Lipinski definition) is 8. The summed E-state index contributed by atoms with van der Waals surface area (Å²) in [6.07, 6.45) is 4.75. The van der Waals surface area contributed by atoms with E-state index in [1.807, 2.05) is 48.5 Å². The van der Waals surface area contributed by atoms with E-state index in [1.54, 1.807) is 25.6 Å². The summed E-state index contributed by atoms with van der Waals surface area (Å²) in [4.78, 5) is 8.48. The van der Waals surface area contributed by atoms with Gasteiger partial charge in [-0.15, -0.1) is 0 Å². The standard InChI is InChI=1S/C23H17N5O3/c1-29-20-10-3-2-7-17(20)21-18-9-4-8-16(22(18)31-28-21)19-12-24-14-25-23(19)30-13-15-6-5-11-26-27-15/h2-12,14H,13H2,1H3. The van der Waals surface area contributed by atoms with E-state index in [2.05, 4.69) is 25.3 Å². The predicted molar refractivity (Wildman–Crippen MR) is 113 cm³/mol. The van der Waals surface area contributed by atoms with Crippen molar-refractivity contribution < 1.29 is 14.0 Å². The summed E-state index contributed by atoms with van der Waals surface area (Å²) in [5.74, 6) is 1.14. The zero-order valence-corrected chi connectivity index (χ0v) is 16.6. The van der Waals surface area contributed by atoms with Crippen molar-refractivity contribution in [3.8, 4) is 34.0 Å². The molecule has 0 unspecified atom stereocenters. The molecule has 0 atom stereocenters. The van der Waals surface area contributed by atoms with Crippen molar-refractivity contribution in [2.75, 3.05) is 7.11 Å². The van der Waals surface area contributed by atoms with Crippen molar-refractivity contribution in [1.82, 2.24) is 25.3 Å². The number of para-hydroxylation sites is 2. The summed E-state index contributed by atoms with van der Waals surface area (Å²) in [5.41, 5.74) is 4.34. The molecule has 3 aromatic heterocycles. The third-order valence-corrected chi connectivity index (χ3v) is 4.81. The van der Waals surface area contributed by atoms with Crippen LogP contribution in [-0.4, -0.2) is 32.4 Å². The normalized spacial score (nSPS) is 10.9. The molecule has 8 nitrogen and oxygen atoms in total. The molecule has 5 rings (SSSR count). The van der Waals surface area contributed by atoms with Crippen molar-refractivity contribution in [1.29, 1.82) is 0 Å². The van der Waals surface area contributed by atoms with Gasteiger partial charge < -0.3 is 14.0 Å². The monoisotopic (exact) mass is 411 g/mol. The van der Waals surface area contributed by atoms with Crippen LogP contribution in [0.2, 0.25) is 0 Å². The van der Waals surface area contributed by atoms with Crippen molar-refractivity contribution in [3.63, 3.8) is 0 Å². The first-order valence-electron chi connectivity index (χ1n) is 9.56. The van der Waals surface area contributed by atoms with Crippen LogP contribution in [0.5, 0.6) is 11.6 Å². The second-order valence-electron chi connectivity index (χ2n) is 6.66. The molecule has 0 N–H and O–H groups in total. The van der Waals surface area contributed by atoms with E-state index in [9.17, 15) is 0 Å². The zero-order chi connectivity index (χ0) is 21.0. The highest BCUT2D eigenvalue weighted by atomic mass is 16.5. The molecule has 0 aliphatic rings. The minimum Gasteiger partial charge on any atom is -0.496 e. The maximum absolute atomic E-state index is 5.92. The van der Waals surface area contributed by atoms with Crippen LogP contribution < -0.4 is 9.47 Å². The van der Waals surface area contributed by atoms with Crippen LogP contribution in [0, 0.1) is 0 Å². The van der Waals surface area contributed by atoms with Gasteiger partial charge in [0.2, 0.25) is 5.88 Å². The van der Waals surface area contributed by atoms with Crippen molar-refractivity contribution in [2.45, 2.75) is 6.61 Å². The Kier molecular flexibility index (Phi) is 4.94. The molecule has 5 aromatic rings. The summed E-state index contributed by atoms with van der Waals surface area (Å²) in [6.45, 7) is 0.233. The van der Waals surface area contributed by atoms with E-state index in [0.29, 0.717) is 28.4 Å². The van der Waals surface area contributed by atoms with E-state index in [-0.39, 0.29) is 6.61 Å². The Bertz CT molecular complexity index is 1340. The van der Waals surface area contributed by atoms with Crippen LogP contribution in [0.1, 0.15) is 5.69 Å². The summed E-state index contributed by atoms with van der Waals surface area (Å²) in [7, 11) is 1.63. The lowest BCUT2D eigenvalue weighted by Gasteiger charge is -2.09. The number of nitrogens with zero attached hydrogens (tertiary/aromatic N) is 5. The zero-order valence-electron chi connectivity index (χ0n) is 16.6. The molecule has 8 heteroatoms. The van der Waals surface area contributed by atoms with Crippen molar-refractivity contribution in [2.24, 2.45) is 0 Å². The first-order valence-corrected chi connectivity index (χ1v) is 9.56. The third-order valence-electron chi connectivity index (χ3n) is 4.81. The number of fused-ring (bicyclic) bond motifs is 1. The molecule has 31 heavy (non-hydrogen) atoms. The van der Waals surface area contributed by atoms with Gasteiger partial charge in [0, 0.05) is 23.5 Å². The number of aromatic nitrogens is 5. The largest absolute Gasteiger partial charge is 0.496 e. The Morgan fingerprint density at radius 2 is 1.84 bits per heavy atom. The maximum Gasteiger partial charge on any atom is 0.224 e. The fourth-order valence-corrected chi connectivity index (χ4v) is 3.38. The predicted octanol–water partition coefficient (Wildman–Crippen LogP) is 4.33. The Morgan fingerprint density at radius 3 is 2.71 bits per heavy atom. The minimum atomic E-state index is 0.233. The van der Waals surface area contributed by atoms with Gasteiger partial charge in [0.25, 0.3) is 0 Å². The fraction of sp³-hybridized carbons (Fsp3) is 0.0870. The fourth-order valence-electron chi connectivity index (χ4n) is 3.38. The lowest BCUT2D eigenvalue weighted by molar-refractivity contribution is 0.288. The van der Waals surface area contributed by atoms with Gasteiger partial charge in [0.1, 0.15) is 30.1 Å². The highest BCUT2D eigenvalue weighted by molar-refractivity contribution is 6.01. The van der Waals surface area contributed by atoms with Crippen LogP contribution in [0.3, 0.4) is 0 Å². The lowest BCUT2D eigenvalue weighted by Crippen LogP contribution is -2.02. The average Bonchev–Trinajstić information content (AvgIpc) is 3.28. The topological polar surface area (TPSA) is 96.1 Å². The van der Waals surface area contributed by atoms with E-state index >= 15 is 0 Å². The Balaban J connectivity index is 1.57. The summed E-state index contributed by atoms with van der Waals surface area (Å²) in [5, 5.41) is 13.1. The summed E-state index contributed by atoms with van der Waals surface area (Å²) < 4.78 is 17.2. The van der Waals surface area contributed by atoms with Crippen LogP contribution in [0.4, 0.5) is 0 Å². The SMILES string of the molecule is COc1ccccc1-c1noc2c(-c3cncnc3OCc3cccnn3)cccc12. The van der Waals surface area contributed by atoms with E-state index < -0.39 is 0 Å². The Morgan fingerprint density at radius 1 is 0.935 bits per heavy atom. The summed E-state index contributed by atoms with van der Waals surface area (Å²) >= 11 is 0. The molecule has 0 saturated carbocycles. The number of methoxy groups -OCH3 is 1. The van der Waals surface area contributed by atoms with E-state index in [1.165, 1.54) is 6.33 Å². The van der Waals surface area contributed by atoms with Gasteiger partial charge in [0.05, 0.1) is 18.1 Å². The summed E-state index contributed by atoms with van der Waals surface area (Å²) in [6, 6.07) is 17.2. The number of rotatable bonds is 6. The molecule has 0 fully saturated rings. The molecule has 3 heterocycles. The van der Waals surface area contributed by atoms with Gasteiger partial charge in [-0.2, -0.15) is 10.2 Å². The van der Waals surface area contributed by atoms with Crippen molar-refractivity contribution in [3.05, 3.63) is 79.0 Å².